The fraction of sp³-hybridized carbons (Fsp3) is 0.625. The zero-order valence-electron chi connectivity index (χ0n) is 20.1. The van der Waals surface area contributed by atoms with Gasteiger partial charge in [-0.05, 0) is 26.0 Å². The second kappa shape index (κ2) is 10.2. The second-order valence-electron chi connectivity index (χ2n) is 9.67. The van der Waals surface area contributed by atoms with Crippen LogP contribution in [0.3, 0.4) is 0 Å². The summed E-state index contributed by atoms with van der Waals surface area (Å²) in [4.78, 5) is 16.2. The lowest BCUT2D eigenvalue weighted by molar-refractivity contribution is 0.180. The van der Waals surface area contributed by atoms with Crippen LogP contribution in [0, 0.1) is 5.82 Å². The van der Waals surface area contributed by atoms with Crippen molar-refractivity contribution in [3.05, 3.63) is 24.0 Å². The molecule has 2 aromatic rings. The molecule has 180 valence electrons. The van der Waals surface area contributed by atoms with Crippen molar-refractivity contribution in [3.63, 3.8) is 0 Å². The summed E-state index contributed by atoms with van der Waals surface area (Å²) in [6, 6.07) is 5.89. The van der Waals surface area contributed by atoms with Crippen molar-refractivity contribution < 1.29 is 4.39 Å². The molecule has 0 bridgehead atoms. The van der Waals surface area contributed by atoms with Gasteiger partial charge < -0.3 is 21.3 Å². The molecule has 0 amide bonds. The van der Waals surface area contributed by atoms with Gasteiger partial charge in [0.15, 0.2) is 5.82 Å². The molecular weight excluding hydrogens is 419 g/mol. The number of rotatable bonds is 6. The van der Waals surface area contributed by atoms with E-state index in [0.717, 1.165) is 44.5 Å². The average Bonchev–Trinajstić information content (AvgIpc) is 3.07. The Kier molecular flexibility index (Phi) is 7.29. The summed E-state index contributed by atoms with van der Waals surface area (Å²) in [6.45, 7) is 1.95. The van der Waals surface area contributed by atoms with E-state index in [4.69, 9.17) is 10.7 Å². The zero-order chi connectivity index (χ0) is 23.4. The first kappa shape index (κ1) is 23.6. The van der Waals surface area contributed by atoms with Crippen LogP contribution >= 0.6 is 0 Å². The molecule has 2 heterocycles. The number of aromatic nitrogens is 3. The Balaban J connectivity index is 1.73. The first-order chi connectivity index (χ1) is 15.9. The largest absolute Gasteiger partial charge is 0.386 e. The second-order valence-corrected chi connectivity index (χ2v) is 9.67. The minimum atomic E-state index is -0.286. The molecule has 0 radical (unpaired) electrons. The fourth-order valence-electron chi connectivity index (χ4n) is 5.26. The summed E-state index contributed by atoms with van der Waals surface area (Å²) in [7, 11) is 5.94. The van der Waals surface area contributed by atoms with Gasteiger partial charge in [0.2, 0.25) is 11.9 Å². The molecule has 1 aromatic heterocycles. The maximum Gasteiger partial charge on any atom is 0.340 e. The first-order valence-corrected chi connectivity index (χ1v) is 12.2. The van der Waals surface area contributed by atoms with Crippen molar-refractivity contribution in [1.29, 1.82) is 0 Å². The Bertz CT molecular complexity index is 938. The highest BCUT2D eigenvalue weighted by Gasteiger charge is 2.42. The SMILES string of the molecule is CNc1ccc([N+](C)(c2nc(N)nc(NC3CCCCCC3)n2)C2CCN(C)CC2)cc1F. The number of hydrogen-bond donors (Lipinski definition) is 3. The minimum absolute atomic E-state index is 0.195. The molecule has 1 atom stereocenters. The molecule has 1 aliphatic heterocycles. The molecule has 4 N–H and O–H groups in total. The van der Waals surface area contributed by atoms with Crippen molar-refractivity contribution >= 4 is 29.2 Å². The minimum Gasteiger partial charge on any atom is -0.386 e. The molecule has 1 saturated heterocycles. The van der Waals surface area contributed by atoms with Crippen LogP contribution in [0.1, 0.15) is 51.4 Å². The maximum absolute atomic E-state index is 14.9. The van der Waals surface area contributed by atoms with Crippen LogP contribution < -0.4 is 20.9 Å². The Hall–Kier alpha value is -2.52. The van der Waals surface area contributed by atoms with Gasteiger partial charge in [0, 0.05) is 51.2 Å². The third kappa shape index (κ3) is 5.19. The van der Waals surface area contributed by atoms with Crippen molar-refractivity contribution in [2.75, 3.05) is 50.6 Å². The molecule has 9 heteroatoms. The lowest BCUT2D eigenvalue weighted by Crippen LogP contribution is -2.54. The summed E-state index contributed by atoms with van der Waals surface area (Å²) < 4.78 is 15.2. The van der Waals surface area contributed by atoms with E-state index in [2.05, 4.69) is 39.6 Å². The summed E-state index contributed by atoms with van der Waals surface area (Å²) in [6.07, 6.45) is 9.12. The lowest BCUT2D eigenvalue weighted by Gasteiger charge is -2.42. The third-order valence-electron chi connectivity index (χ3n) is 7.42. The Labute approximate surface area is 196 Å². The van der Waals surface area contributed by atoms with Gasteiger partial charge in [-0.15, -0.1) is 9.97 Å². The van der Waals surface area contributed by atoms with Crippen LogP contribution in [-0.4, -0.2) is 66.2 Å². The summed E-state index contributed by atoms with van der Waals surface area (Å²) in [5.41, 5.74) is 7.48. The van der Waals surface area contributed by atoms with E-state index < -0.39 is 0 Å². The highest BCUT2D eigenvalue weighted by atomic mass is 19.1. The molecule has 2 fully saturated rings. The van der Waals surface area contributed by atoms with E-state index in [1.807, 2.05) is 6.07 Å². The molecule has 1 unspecified atom stereocenters. The standard InChI is InChI=1S/C24H38FN8/c1-27-21-11-10-19(16-20(21)25)33(3,18-12-14-32(2)15-13-18)24-30-22(26)29-23(31-24)28-17-8-6-4-5-7-9-17/h10-11,16-18,27H,4-9,12-15H2,1-3H3,(H3,26,28,29,30,31)/q+1. The number of nitrogens with one attached hydrogen (secondary N) is 2. The molecule has 4 rings (SSSR count). The molecule has 0 spiro atoms. The number of likely N-dealkylation sites (tertiary alicyclic amines) is 1. The molecule has 8 nitrogen and oxygen atoms in total. The lowest BCUT2D eigenvalue weighted by atomic mass is 10.00. The molecule has 1 saturated carbocycles. The summed E-state index contributed by atoms with van der Waals surface area (Å²) in [5.74, 6) is 0.991. The summed E-state index contributed by atoms with van der Waals surface area (Å²) in [5, 5.41) is 6.43. The van der Waals surface area contributed by atoms with Crippen molar-refractivity contribution in [2.45, 2.75) is 63.5 Å². The highest BCUT2D eigenvalue weighted by molar-refractivity contribution is 5.60. The Morgan fingerprint density at radius 1 is 1.03 bits per heavy atom. The number of benzene rings is 1. The number of anilines is 3. The van der Waals surface area contributed by atoms with E-state index in [9.17, 15) is 4.39 Å². The van der Waals surface area contributed by atoms with Crippen LogP contribution in [0.2, 0.25) is 0 Å². The van der Waals surface area contributed by atoms with Crippen molar-refractivity contribution in [1.82, 2.24) is 24.3 Å². The van der Waals surface area contributed by atoms with Gasteiger partial charge in [0.1, 0.15) is 11.7 Å². The fourth-order valence-corrected chi connectivity index (χ4v) is 5.26. The van der Waals surface area contributed by atoms with Gasteiger partial charge in [-0.3, -0.25) is 0 Å². The van der Waals surface area contributed by atoms with Crippen LogP contribution in [-0.2, 0) is 0 Å². The number of halogens is 1. The predicted octanol–water partition coefficient (Wildman–Crippen LogP) is 4.13. The van der Waals surface area contributed by atoms with E-state index in [1.165, 1.54) is 25.7 Å². The van der Waals surface area contributed by atoms with Crippen molar-refractivity contribution in [2.24, 2.45) is 0 Å². The third-order valence-corrected chi connectivity index (χ3v) is 7.42. The number of nitrogens with zero attached hydrogens (tertiary/aromatic N) is 5. The van der Waals surface area contributed by atoms with Gasteiger partial charge in [-0.1, -0.05) is 25.7 Å². The molecule has 1 aliphatic carbocycles. The Morgan fingerprint density at radius 2 is 1.73 bits per heavy atom. The molecule has 33 heavy (non-hydrogen) atoms. The summed E-state index contributed by atoms with van der Waals surface area (Å²) >= 11 is 0. The number of piperidine rings is 1. The van der Waals surface area contributed by atoms with Crippen LogP contribution in [0.4, 0.5) is 33.6 Å². The van der Waals surface area contributed by atoms with E-state index in [0.29, 0.717) is 28.1 Å². The number of hydrogen-bond acceptors (Lipinski definition) is 7. The van der Waals surface area contributed by atoms with E-state index in [1.54, 1.807) is 19.2 Å². The van der Waals surface area contributed by atoms with Gasteiger partial charge in [-0.25, -0.2) is 8.87 Å². The first-order valence-electron chi connectivity index (χ1n) is 12.2. The van der Waals surface area contributed by atoms with E-state index in [-0.39, 0.29) is 17.8 Å². The molecule has 1 aromatic carbocycles. The average molecular weight is 458 g/mol. The van der Waals surface area contributed by atoms with Gasteiger partial charge in [0.25, 0.3) is 0 Å². The van der Waals surface area contributed by atoms with Crippen LogP contribution in [0.5, 0.6) is 0 Å². The van der Waals surface area contributed by atoms with Crippen LogP contribution in [0.15, 0.2) is 18.2 Å². The number of quaternary nitrogens is 1. The van der Waals surface area contributed by atoms with Gasteiger partial charge >= 0.3 is 5.95 Å². The zero-order valence-corrected chi connectivity index (χ0v) is 20.1. The van der Waals surface area contributed by atoms with E-state index >= 15 is 0 Å². The van der Waals surface area contributed by atoms with Gasteiger partial charge in [0.05, 0.1) is 12.7 Å². The predicted molar refractivity (Wildman–Crippen MR) is 133 cm³/mol. The number of nitrogens with two attached hydrogens (primary N) is 1. The number of nitrogen functional groups attached to an aromatic ring is 1. The quantitative estimate of drug-likeness (QED) is 0.444. The molecule has 2 aliphatic rings. The highest BCUT2D eigenvalue weighted by Crippen LogP contribution is 2.39. The smallest absolute Gasteiger partial charge is 0.340 e. The van der Waals surface area contributed by atoms with Crippen molar-refractivity contribution in [3.8, 4) is 0 Å². The maximum atomic E-state index is 14.9. The van der Waals surface area contributed by atoms with Crippen LogP contribution in [0.25, 0.3) is 0 Å². The topological polar surface area (TPSA) is 92.0 Å². The monoisotopic (exact) mass is 457 g/mol. The van der Waals surface area contributed by atoms with Gasteiger partial charge in [-0.2, -0.15) is 4.98 Å². The molecular formula is C24H38FN8+. The Morgan fingerprint density at radius 3 is 2.36 bits per heavy atom. The normalized spacial score (nSPS) is 20.7.